The van der Waals surface area contributed by atoms with Crippen molar-refractivity contribution in [2.24, 2.45) is 0 Å². The first kappa shape index (κ1) is 14.5. The maximum atomic E-state index is 11.9. The Morgan fingerprint density at radius 3 is 2.72 bits per heavy atom. The molecular weight excluding hydrogens is 232 g/mol. The monoisotopic (exact) mass is 252 g/mol. The van der Waals surface area contributed by atoms with Gasteiger partial charge in [-0.15, -0.1) is 0 Å². The van der Waals surface area contributed by atoms with Crippen molar-refractivity contribution >= 4 is 6.09 Å². The zero-order chi connectivity index (χ0) is 13.8. The summed E-state index contributed by atoms with van der Waals surface area (Å²) in [5.41, 5.74) is 0.674. The molecule has 0 radical (unpaired) electrons. The van der Waals surface area contributed by atoms with E-state index < -0.39 is 5.60 Å². The van der Waals surface area contributed by atoms with E-state index in [2.05, 4.69) is 0 Å². The van der Waals surface area contributed by atoms with Gasteiger partial charge in [0.15, 0.2) is 0 Å². The molecule has 1 heterocycles. The molecule has 1 aliphatic heterocycles. The maximum Gasteiger partial charge on any atom is 0.410 e. The second-order valence-electron chi connectivity index (χ2n) is 5.36. The SMILES string of the molecule is CC(C)(C)OC(=O)N1CCC/C(=C(\C#N)CO)C1. The molecule has 0 unspecified atom stereocenters. The van der Waals surface area contributed by atoms with Gasteiger partial charge in [0, 0.05) is 13.1 Å². The second-order valence-corrected chi connectivity index (χ2v) is 5.36. The van der Waals surface area contributed by atoms with Gasteiger partial charge in [-0.2, -0.15) is 5.26 Å². The van der Waals surface area contributed by atoms with Crippen molar-refractivity contribution in [3.63, 3.8) is 0 Å². The molecule has 1 saturated heterocycles. The van der Waals surface area contributed by atoms with Gasteiger partial charge < -0.3 is 14.7 Å². The normalized spacial score (nSPS) is 19.2. The number of rotatable bonds is 1. The summed E-state index contributed by atoms with van der Waals surface area (Å²) in [6.45, 7) is 6.19. The van der Waals surface area contributed by atoms with Gasteiger partial charge in [0.1, 0.15) is 5.60 Å². The molecule has 0 aromatic heterocycles. The number of aliphatic hydroxyl groups excluding tert-OH is 1. The molecule has 0 aromatic carbocycles. The van der Waals surface area contributed by atoms with Crippen LogP contribution in [0, 0.1) is 11.3 Å². The molecule has 1 amide bonds. The molecule has 0 aliphatic carbocycles. The lowest BCUT2D eigenvalue weighted by Gasteiger charge is -2.31. The highest BCUT2D eigenvalue weighted by atomic mass is 16.6. The predicted octanol–water partition coefficient (Wildman–Crippen LogP) is 1.83. The van der Waals surface area contributed by atoms with Crippen LogP contribution in [0.15, 0.2) is 11.1 Å². The Kier molecular flexibility index (Phi) is 4.74. The number of nitrogens with zero attached hydrogens (tertiary/aromatic N) is 2. The molecule has 1 aliphatic rings. The van der Waals surface area contributed by atoms with Crippen LogP contribution in [0.2, 0.25) is 0 Å². The number of piperidine rings is 1. The Labute approximate surface area is 108 Å². The summed E-state index contributed by atoms with van der Waals surface area (Å²) < 4.78 is 5.29. The van der Waals surface area contributed by atoms with Crippen LogP contribution < -0.4 is 0 Å². The molecule has 0 bridgehead atoms. The van der Waals surface area contributed by atoms with Crippen molar-refractivity contribution < 1.29 is 14.6 Å². The lowest BCUT2D eigenvalue weighted by atomic mass is 10.00. The fourth-order valence-electron chi connectivity index (χ4n) is 1.83. The molecule has 5 heteroatoms. The summed E-state index contributed by atoms with van der Waals surface area (Å²) in [7, 11) is 0. The van der Waals surface area contributed by atoms with Crippen molar-refractivity contribution in [1.29, 1.82) is 5.26 Å². The number of likely N-dealkylation sites (tertiary alicyclic amines) is 1. The Morgan fingerprint density at radius 1 is 1.56 bits per heavy atom. The highest BCUT2D eigenvalue weighted by Crippen LogP contribution is 2.21. The van der Waals surface area contributed by atoms with E-state index in [-0.39, 0.29) is 12.7 Å². The van der Waals surface area contributed by atoms with Crippen molar-refractivity contribution in [2.45, 2.75) is 39.2 Å². The summed E-state index contributed by atoms with van der Waals surface area (Å²) in [4.78, 5) is 13.5. The van der Waals surface area contributed by atoms with Gasteiger partial charge >= 0.3 is 6.09 Å². The van der Waals surface area contributed by atoms with Gasteiger partial charge in [-0.1, -0.05) is 0 Å². The lowest BCUT2D eigenvalue weighted by Crippen LogP contribution is -2.41. The van der Waals surface area contributed by atoms with Gasteiger partial charge in [0.05, 0.1) is 18.2 Å². The molecule has 0 atom stereocenters. The van der Waals surface area contributed by atoms with E-state index >= 15 is 0 Å². The Bertz CT molecular complexity index is 388. The summed E-state index contributed by atoms with van der Waals surface area (Å²) in [6.07, 6.45) is 1.18. The molecular formula is C13H20N2O3. The minimum absolute atomic E-state index is 0.270. The number of ether oxygens (including phenoxy) is 1. The number of carbonyl (C=O) groups excluding carboxylic acids is 1. The van der Waals surface area contributed by atoms with Crippen LogP contribution in [0.1, 0.15) is 33.6 Å². The molecule has 1 N–H and O–H groups in total. The Morgan fingerprint density at radius 2 is 2.22 bits per heavy atom. The smallest absolute Gasteiger partial charge is 0.410 e. The molecule has 0 saturated carbocycles. The third-order valence-corrected chi connectivity index (χ3v) is 2.66. The van der Waals surface area contributed by atoms with Gasteiger partial charge in [-0.3, -0.25) is 0 Å². The van der Waals surface area contributed by atoms with Crippen molar-refractivity contribution in [3.8, 4) is 6.07 Å². The highest BCUT2D eigenvalue weighted by molar-refractivity contribution is 5.68. The van der Waals surface area contributed by atoms with E-state index in [9.17, 15) is 4.79 Å². The van der Waals surface area contributed by atoms with Crippen LogP contribution in [0.5, 0.6) is 0 Å². The lowest BCUT2D eigenvalue weighted by molar-refractivity contribution is 0.0246. The van der Waals surface area contributed by atoms with Crippen LogP contribution in [0.4, 0.5) is 4.79 Å². The van der Waals surface area contributed by atoms with E-state index in [1.165, 1.54) is 0 Å². The van der Waals surface area contributed by atoms with Crippen molar-refractivity contribution in [2.75, 3.05) is 19.7 Å². The number of amides is 1. The van der Waals surface area contributed by atoms with Crippen LogP contribution in [-0.4, -0.2) is 41.4 Å². The topological polar surface area (TPSA) is 73.6 Å². The number of hydrogen-bond donors (Lipinski definition) is 1. The number of nitriles is 1. The largest absolute Gasteiger partial charge is 0.444 e. The van der Waals surface area contributed by atoms with Gasteiger partial charge in [0.2, 0.25) is 0 Å². The maximum absolute atomic E-state index is 11.9. The van der Waals surface area contributed by atoms with E-state index in [0.717, 1.165) is 18.4 Å². The third kappa shape index (κ3) is 4.04. The minimum Gasteiger partial charge on any atom is -0.444 e. The van der Waals surface area contributed by atoms with Crippen molar-refractivity contribution in [1.82, 2.24) is 4.90 Å². The van der Waals surface area contributed by atoms with Crippen LogP contribution in [0.25, 0.3) is 0 Å². The number of carbonyl (C=O) groups is 1. The Hall–Kier alpha value is -1.54. The first-order valence-electron chi connectivity index (χ1n) is 6.07. The van der Waals surface area contributed by atoms with Crippen LogP contribution in [0.3, 0.4) is 0 Å². The second kappa shape index (κ2) is 5.87. The average Bonchev–Trinajstić information content (AvgIpc) is 2.29. The van der Waals surface area contributed by atoms with Gasteiger partial charge in [0.25, 0.3) is 0 Å². The molecule has 18 heavy (non-hydrogen) atoms. The fraction of sp³-hybridized carbons (Fsp3) is 0.692. The standard InChI is InChI=1S/C13H20N2O3/c1-13(2,3)18-12(17)15-6-4-5-10(8-15)11(7-14)9-16/h16H,4-6,8-9H2,1-3H3/b11-10-. The van der Waals surface area contributed by atoms with Crippen LogP contribution >= 0.6 is 0 Å². The van der Waals surface area contributed by atoms with E-state index in [0.29, 0.717) is 18.7 Å². The first-order valence-corrected chi connectivity index (χ1v) is 6.07. The zero-order valence-electron chi connectivity index (χ0n) is 11.2. The molecule has 5 nitrogen and oxygen atoms in total. The minimum atomic E-state index is -0.520. The molecule has 100 valence electrons. The van der Waals surface area contributed by atoms with Crippen molar-refractivity contribution in [3.05, 3.63) is 11.1 Å². The zero-order valence-corrected chi connectivity index (χ0v) is 11.2. The summed E-state index contributed by atoms with van der Waals surface area (Å²) in [6, 6.07) is 1.98. The first-order chi connectivity index (χ1) is 8.37. The predicted molar refractivity (Wildman–Crippen MR) is 66.8 cm³/mol. The van der Waals surface area contributed by atoms with Gasteiger partial charge in [-0.05, 0) is 39.2 Å². The number of hydrogen-bond acceptors (Lipinski definition) is 4. The molecule has 0 spiro atoms. The third-order valence-electron chi connectivity index (χ3n) is 2.66. The van der Waals surface area contributed by atoms with E-state index in [1.807, 2.05) is 26.8 Å². The van der Waals surface area contributed by atoms with E-state index in [4.69, 9.17) is 15.1 Å². The Balaban J connectivity index is 2.73. The molecule has 0 aromatic rings. The fourth-order valence-corrected chi connectivity index (χ4v) is 1.83. The summed E-state index contributed by atoms with van der Waals surface area (Å²) in [5.74, 6) is 0. The van der Waals surface area contributed by atoms with Crippen LogP contribution in [-0.2, 0) is 4.74 Å². The van der Waals surface area contributed by atoms with Gasteiger partial charge in [-0.25, -0.2) is 4.79 Å². The summed E-state index contributed by atoms with van der Waals surface area (Å²) in [5, 5.41) is 18.0. The molecule has 1 fully saturated rings. The molecule has 1 rings (SSSR count). The van der Waals surface area contributed by atoms with E-state index in [1.54, 1.807) is 4.90 Å². The number of aliphatic hydroxyl groups is 1. The summed E-state index contributed by atoms with van der Waals surface area (Å²) >= 11 is 0. The average molecular weight is 252 g/mol. The highest BCUT2D eigenvalue weighted by Gasteiger charge is 2.26. The quantitative estimate of drug-likeness (QED) is 0.722.